The number of nitrogens with one attached hydrogen (secondary N) is 4. The molecule has 2 amide bonds. The van der Waals surface area contributed by atoms with Crippen molar-refractivity contribution in [3.8, 4) is 0 Å². The molecule has 6 aromatic rings. The van der Waals surface area contributed by atoms with Crippen molar-refractivity contribution in [2.45, 2.75) is 216 Å². The lowest BCUT2D eigenvalue weighted by atomic mass is 9.33. The van der Waals surface area contributed by atoms with Gasteiger partial charge in [0.05, 0.1) is 9.79 Å². The van der Waals surface area contributed by atoms with Crippen LogP contribution in [0, 0.1) is 52.3 Å². The fourth-order valence-electron chi connectivity index (χ4n) is 22.2. The van der Waals surface area contributed by atoms with Crippen LogP contribution in [0.1, 0.15) is 196 Å². The Labute approximate surface area is 728 Å². The third kappa shape index (κ3) is 21.5. The van der Waals surface area contributed by atoms with Crippen LogP contribution in [0.15, 0.2) is 187 Å². The SMILES string of the molecule is Cc1cc(S(=O)(=O)NC(=O)c2ccc(N3CCN(CC4=C(C56CC(C)(C5)C6)CC(C)(C)CC4)CC3)cc2)ccc1N[C@H](CCN1CCC(C)CC1)CSc1ccccc1.Cc1cc(S(=O)(=O)NC(=O)c2ccc(N3CCN(CC4=C(C56CC(C)(C5)C6)CC(C)(C)CC4)CC3)cc2)ccc1N[C@H](CCN1CCC(N(C)C)CC1)CSc1ccccc1. The summed E-state index contributed by atoms with van der Waals surface area (Å²) in [7, 11) is -3.81. The first kappa shape index (κ1) is 88.2. The van der Waals surface area contributed by atoms with Gasteiger partial charge >= 0.3 is 0 Å². The summed E-state index contributed by atoms with van der Waals surface area (Å²) in [5.41, 5.74) is 16.5. The van der Waals surface area contributed by atoms with E-state index in [1.54, 1.807) is 59.7 Å². The molecule has 8 aliphatic carbocycles. The Morgan fingerprint density at radius 3 is 1.18 bits per heavy atom. The van der Waals surface area contributed by atoms with Crippen LogP contribution < -0.4 is 29.9 Å². The lowest BCUT2D eigenvalue weighted by Gasteiger charge is -2.72. The Morgan fingerprint density at radius 2 is 0.833 bits per heavy atom. The van der Waals surface area contributed by atoms with Gasteiger partial charge in [-0.05, 0) is 328 Å². The summed E-state index contributed by atoms with van der Waals surface area (Å²) in [6.45, 7) is 37.6. The maximum Gasteiger partial charge on any atom is 0.264 e. The van der Waals surface area contributed by atoms with Gasteiger partial charge in [-0.1, -0.05) is 107 Å². The van der Waals surface area contributed by atoms with E-state index < -0.39 is 31.9 Å². The van der Waals surface area contributed by atoms with Gasteiger partial charge in [0.15, 0.2) is 0 Å². The van der Waals surface area contributed by atoms with Crippen molar-refractivity contribution in [3.63, 3.8) is 0 Å². The van der Waals surface area contributed by atoms with E-state index in [4.69, 9.17) is 0 Å². The molecule has 648 valence electrons. The molecule has 2 atom stereocenters. The smallest absolute Gasteiger partial charge is 0.264 e. The van der Waals surface area contributed by atoms with Crippen molar-refractivity contribution in [1.82, 2.24) is 33.9 Å². The number of piperidine rings is 2. The largest absolute Gasteiger partial charge is 0.381 e. The predicted molar refractivity (Wildman–Crippen MR) is 496 cm³/mol. The van der Waals surface area contributed by atoms with E-state index in [1.165, 1.54) is 113 Å². The minimum Gasteiger partial charge on any atom is -0.381 e. The number of carbonyl (C=O) groups is 2. The topological polar surface area (TPSA) is 173 Å². The van der Waals surface area contributed by atoms with E-state index in [2.05, 4.69) is 165 Å². The molecule has 4 N–H and O–H groups in total. The van der Waals surface area contributed by atoms with Crippen LogP contribution in [0.2, 0.25) is 0 Å². The van der Waals surface area contributed by atoms with E-state index >= 15 is 0 Å². The molecule has 4 saturated heterocycles. The maximum absolute atomic E-state index is 13.6. The molecule has 10 fully saturated rings. The standard InChI is InChI=1S/C50H70N6O3S2.C49H67N5O3S2/c1-37-30-44(16-17-46(37)51-40(33-60-43-10-8-7-9-11-43)19-23-54-24-20-41(21-25-54)53(5)6)61(58,59)52-47(57)38-12-14-42(15-13-38)56-28-26-55(27-29-56)32-39-18-22-48(2,3)31-45(39)50-34-49(4,35-50)36-50;1-36-18-22-52(23-19-36)24-20-40(32-58-42-9-7-6-8-10-42)50-45-16-15-43(29-37(45)2)59(56,57)51-46(55)38-11-13-41(14-12-38)54-27-25-53(26-28-54)31-39-17-21-47(3,4)30-44(39)49-33-48(5,34-49)35-49/h7-17,30,40-41,51H,18-29,31-36H2,1-6H3,(H,52,57);6-16,29,36,40,50H,17-28,30-35H2,1-5H3,(H,51,55)/t40-,49?,50?;40-,48?,49?/m11/s1. The Kier molecular flexibility index (Phi) is 27.1. The summed E-state index contributed by atoms with van der Waals surface area (Å²) in [6, 6.07) is 47.0. The second-order valence-corrected chi connectivity index (χ2v) is 46.2. The van der Waals surface area contributed by atoms with Crippen molar-refractivity contribution in [3.05, 3.63) is 190 Å². The fourth-order valence-corrected chi connectivity index (χ4v) is 26.3. The van der Waals surface area contributed by atoms with Gasteiger partial charge in [0.25, 0.3) is 31.9 Å². The van der Waals surface area contributed by atoms with Gasteiger partial charge in [0, 0.05) is 152 Å². The fraction of sp³-hybridized carbons (Fsp3) is 0.576. The molecule has 21 heteroatoms. The molecule has 6 aromatic carbocycles. The van der Waals surface area contributed by atoms with Gasteiger partial charge in [-0.2, -0.15) is 0 Å². The minimum atomic E-state index is -4.09. The van der Waals surface area contributed by atoms with E-state index in [9.17, 15) is 26.4 Å². The van der Waals surface area contributed by atoms with Crippen LogP contribution in [0.5, 0.6) is 0 Å². The van der Waals surface area contributed by atoms with Crippen LogP contribution in [-0.2, 0) is 20.0 Å². The number of aryl methyl sites for hydroxylation is 2. The number of anilines is 4. The van der Waals surface area contributed by atoms with Gasteiger partial charge in [-0.25, -0.2) is 26.3 Å². The zero-order chi connectivity index (χ0) is 84.4. The predicted octanol–water partition coefficient (Wildman–Crippen LogP) is 18.5. The van der Waals surface area contributed by atoms with Crippen molar-refractivity contribution < 1.29 is 26.4 Å². The molecule has 18 rings (SSSR count). The quantitative estimate of drug-likeness (QED) is 0.0239. The van der Waals surface area contributed by atoms with E-state index in [-0.39, 0.29) is 21.9 Å². The van der Waals surface area contributed by atoms with Crippen molar-refractivity contribution in [1.29, 1.82) is 0 Å². The Morgan fingerprint density at radius 1 is 0.467 bits per heavy atom. The molecular formula is C99H137N11O6S4. The zero-order valence-electron chi connectivity index (χ0n) is 73.8. The molecule has 4 heterocycles. The van der Waals surface area contributed by atoms with Crippen LogP contribution in [-0.4, -0.2) is 202 Å². The average molecular weight is 1710 g/mol. The number of hydrogen-bond acceptors (Lipinski definition) is 17. The van der Waals surface area contributed by atoms with E-state index in [0.29, 0.717) is 49.7 Å². The van der Waals surface area contributed by atoms with Crippen LogP contribution in [0.25, 0.3) is 0 Å². The third-order valence-corrected chi connectivity index (χ3v) is 34.1. The summed E-state index contributed by atoms with van der Waals surface area (Å²) in [5.74, 6) is 1.34. The van der Waals surface area contributed by atoms with Crippen molar-refractivity contribution in [2.75, 3.05) is 151 Å². The molecular weight excluding hydrogens is 1570 g/mol. The lowest BCUT2D eigenvalue weighted by molar-refractivity contribution is -0.167. The summed E-state index contributed by atoms with van der Waals surface area (Å²) in [4.78, 5) is 46.8. The molecule has 4 aliphatic heterocycles. The Bertz CT molecular complexity index is 4830. The number of thioether (sulfide) groups is 2. The van der Waals surface area contributed by atoms with Crippen LogP contribution in [0.3, 0.4) is 0 Å². The van der Waals surface area contributed by atoms with Gasteiger partial charge in [0.1, 0.15) is 0 Å². The molecule has 0 radical (unpaired) electrons. The highest BCUT2D eigenvalue weighted by atomic mass is 32.2. The Balaban J connectivity index is 0.000000187. The number of nitrogens with zero attached hydrogens (tertiary/aromatic N) is 7. The molecule has 6 saturated carbocycles. The molecule has 120 heavy (non-hydrogen) atoms. The number of allylic oxidation sites excluding steroid dienone is 2. The third-order valence-electron chi connectivity index (χ3n) is 29.1. The zero-order valence-corrected chi connectivity index (χ0v) is 77.1. The first-order valence-corrected chi connectivity index (χ1v) is 50.1. The number of hydrogen-bond donors (Lipinski definition) is 4. The lowest BCUT2D eigenvalue weighted by Crippen LogP contribution is -2.61. The number of sulfonamides is 2. The second kappa shape index (κ2) is 36.9. The van der Waals surface area contributed by atoms with Gasteiger partial charge < -0.3 is 35.1 Å². The number of likely N-dealkylation sites (tertiary alicyclic amines) is 2. The molecule has 4 bridgehead atoms. The van der Waals surface area contributed by atoms with E-state index in [0.717, 1.165) is 169 Å². The number of rotatable bonds is 31. The molecule has 12 aliphatic rings. The first-order chi connectivity index (χ1) is 57.2. The number of carbonyl (C=O) groups excluding carboxylic acids is 2. The van der Waals surface area contributed by atoms with Crippen molar-refractivity contribution >= 4 is 78.1 Å². The molecule has 17 nitrogen and oxygen atoms in total. The van der Waals surface area contributed by atoms with Gasteiger partial charge in [-0.3, -0.25) is 19.4 Å². The van der Waals surface area contributed by atoms with Crippen LogP contribution in [0.4, 0.5) is 22.7 Å². The Hall–Kier alpha value is -6.66. The summed E-state index contributed by atoms with van der Waals surface area (Å²) < 4.78 is 58.8. The number of piperazine rings is 2. The minimum absolute atomic E-state index is 0.0793. The van der Waals surface area contributed by atoms with E-state index in [1.807, 2.05) is 97.0 Å². The maximum atomic E-state index is 13.6. The van der Waals surface area contributed by atoms with Crippen molar-refractivity contribution in [2.24, 2.45) is 38.4 Å². The molecule has 0 spiro atoms. The summed E-state index contributed by atoms with van der Waals surface area (Å²) in [6.07, 6.45) is 22.9. The monoisotopic (exact) mass is 1700 g/mol. The highest BCUT2D eigenvalue weighted by Gasteiger charge is 2.68. The number of benzene rings is 6. The highest BCUT2D eigenvalue weighted by Crippen LogP contribution is 2.79. The summed E-state index contributed by atoms with van der Waals surface area (Å²) in [5, 5.41) is 7.49. The van der Waals surface area contributed by atoms with Gasteiger partial charge in [0.2, 0.25) is 0 Å². The van der Waals surface area contributed by atoms with Gasteiger partial charge in [-0.15, -0.1) is 23.5 Å². The highest BCUT2D eigenvalue weighted by molar-refractivity contribution is 7.99. The first-order valence-electron chi connectivity index (χ1n) is 45.2. The molecule has 0 unspecified atom stereocenters. The molecule has 0 aromatic heterocycles. The number of amides is 2. The normalized spacial score (nSPS) is 25.4. The summed E-state index contributed by atoms with van der Waals surface area (Å²) >= 11 is 3.68. The second-order valence-electron chi connectivity index (χ2n) is 40.6. The average Bonchev–Trinajstić information content (AvgIpc) is 0.679. The van der Waals surface area contributed by atoms with Crippen LogP contribution >= 0.6 is 23.5 Å².